The van der Waals surface area contributed by atoms with E-state index >= 15 is 0 Å². The van der Waals surface area contributed by atoms with Gasteiger partial charge in [-0.25, -0.2) is 0 Å². The molecule has 1 N–H and O–H groups in total. The van der Waals surface area contributed by atoms with Crippen LogP contribution in [0.5, 0.6) is 0 Å². The van der Waals surface area contributed by atoms with E-state index in [1.807, 2.05) is 12.1 Å². The third kappa shape index (κ3) is 3.34. The third-order valence-corrected chi connectivity index (χ3v) is 3.31. The summed E-state index contributed by atoms with van der Waals surface area (Å²) in [6, 6.07) is 7.12. The quantitative estimate of drug-likeness (QED) is 0.816. The molecule has 0 radical (unpaired) electrons. The lowest BCUT2D eigenvalue weighted by Crippen LogP contribution is -2.26. The van der Waals surface area contributed by atoms with Crippen LogP contribution in [0.1, 0.15) is 36.0 Å². The minimum Gasteiger partial charge on any atom is -0.348 e. The molecular formula is C14H16ClNO. The Morgan fingerprint density at radius 1 is 1.29 bits per heavy atom. The van der Waals surface area contributed by atoms with Gasteiger partial charge in [0.25, 0.3) is 5.91 Å². The first-order valence-corrected chi connectivity index (χ1v) is 6.36. The molecule has 90 valence electrons. The third-order valence-electron chi connectivity index (χ3n) is 2.98. The highest BCUT2D eigenvalue weighted by Gasteiger charge is 2.10. The zero-order valence-electron chi connectivity index (χ0n) is 9.71. The zero-order chi connectivity index (χ0) is 12.1. The Hall–Kier alpha value is -1.28. The Morgan fingerprint density at radius 2 is 2.12 bits per heavy atom. The average Bonchev–Trinajstić information content (AvgIpc) is 2.38. The summed E-state index contributed by atoms with van der Waals surface area (Å²) in [5, 5.41) is 3.42. The molecular weight excluding hydrogens is 234 g/mol. The van der Waals surface area contributed by atoms with Crippen molar-refractivity contribution in [3.8, 4) is 0 Å². The number of carbonyl (C=O) groups is 1. The fourth-order valence-corrected chi connectivity index (χ4v) is 2.22. The Morgan fingerprint density at radius 3 is 2.82 bits per heavy atom. The van der Waals surface area contributed by atoms with Gasteiger partial charge in [-0.3, -0.25) is 4.79 Å². The highest BCUT2D eigenvalue weighted by molar-refractivity contribution is 6.33. The standard InChI is InChI=1S/C14H16ClNO/c15-13-9-5-4-8-12(13)14(17)16-10-11-6-2-1-3-7-11/h4-6,8-9H,1-3,7,10H2,(H,16,17). The molecule has 1 amide bonds. The fraction of sp³-hybridized carbons (Fsp3) is 0.357. The highest BCUT2D eigenvalue weighted by Crippen LogP contribution is 2.17. The van der Waals surface area contributed by atoms with Crippen molar-refractivity contribution in [1.82, 2.24) is 5.32 Å². The molecule has 3 heteroatoms. The summed E-state index contributed by atoms with van der Waals surface area (Å²) < 4.78 is 0. The van der Waals surface area contributed by atoms with Gasteiger partial charge in [-0.05, 0) is 37.8 Å². The predicted molar refractivity (Wildman–Crippen MR) is 70.3 cm³/mol. The molecule has 1 aromatic rings. The molecule has 0 aromatic heterocycles. The van der Waals surface area contributed by atoms with E-state index in [1.165, 1.54) is 18.4 Å². The van der Waals surface area contributed by atoms with Crippen molar-refractivity contribution in [2.24, 2.45) is 0 Å². The molecule has 0 saturated heterocycles. The first-order chi connectivity index (χ1) is 8.27. The first-order valence-electron chi connectivity index (χ1n) is 5.98. The van der Waals surface area contributed by atoms with Crippen molar-refractivity contribution in [2.45, 2.75) is 25.7 Å². The number of hydrogen-bond donors (Lipinski definition) is 1. The van der Waals surface area contributed by atoms with E-state index < -0.39 is 0 Å². The lowest BCUT2D eigenvalue weighted by Gasteiger charge is -2.13. The zero-order valence-corrected chi connectivity index (χ0v) is 10.5. The van der Waals surface area contributed by atoms with Crippen molar-refractivity contribution in [3.05, 3.63) is 46.5 Å². The number of amides is 1. The van der Waals surface area contributed by atoms with Crippen LogP contribution in [0.3, 0.4) is 0 Å². The molecule has 0 unspecified atom stereocenters. The topological polar surface area (TPSA) is 29.1 Å². The van der Waals surface area contributed by atoms with E-state index in [9.17, 15) is 4.79 Å². The highest BCUT2D eigenvalue weighted by atomic mass is 35.5. The van der Waals surface area contributed by atoms with Crippen LogP contribution in [-0.2, 0) is 0 Å². The minimum absolute atomic E-state index is 0.0953. The van der Waals surface area contributed by atoms with E-state index in [2.05, 4.69) is 11.4 Å². The summed E-state index contributed by atoms with van der Waals surface area (Å²) in [7, 11) is 0. The van der Waals surface area contributed by atoms with Crippen LogP contribution in [0.15, 0.2) is 35.9 Å². The molecule has 1 aliphatic carbocycles. The van der Waals surface area contributed by atoms with Crippen LogP contribution >= 0.6 is 11.6 Å². The number of allylic oxidation sites excluding steroid dienone is 1. The van der Waals surface area contributed by atoms with Crippen LogP contribution in [0.4, 0.5) is 0 Å². The molecule has 0 atom stereocenters. The van der Waals surface area contributed by atoms with E-state index in [1.54, 1.807) is 12.1 Å². The van der Waals surface area contributed by atoms with Crippen LogP contribution in [0.25, 0.3) is 0 Å². The van der Waals surface area contributed by atoms with Crippen molar-refractivity contribution >= 4 is 17.5 Å². The SMILES string of the molecule is O=C(NCC1=CCCCC1)c1ccccc1Cl. The summed E-state index contributed by atoms with van der Waals surface area (Å²) in [6.45, 7) is 0.643. The molecule has 0 aliphatic heterocycles. The Labute approximate surface area is 107 Å². The lowest BCUT2D eigenvalue weighted by atomic mass is 9.99. The second-order valence-electron chi connectivity index (χ2n) is 4.27. The molecule has 0 spiro atoms. The summed E-state index contributed by atoms with van der Waals surface area (Å²) in [5.74, 6) is -0.0953. The Bertz CT molecular complexity index is 440. The van der Waals surface area contributed by atoms with Crippen molar-refractivity contribution < 1.29 is 4.79 Å². The summed E-state index contributed by atoms with van der Waals surface area (Å²) in [6.07, 6.45) is 6.96. The monoisotopic (exact) mass is 249 g/mol. The Balaban J connectivity index is 1.93. The second-order valence-corrected chi connectivity index (χ2v) is 4.68. The van der Waals surface area contributed by atoms with Gasteiger partial charge in [0, 0.05) is 6.54 Å². The Kier molecular flexibility index (Phi) is 4.21. The molecule has 2 rings (SSSR count). The van der Waals surface area contributed by atoms with E-state index in [0.717, 1.165) is 12.8 Å². The summed E-state index contributed by atoms with van der Waals surface area (Å²) >= 11 is 5.97. The molecule has 0 saturated carbocycles. The van der Waals surface area contributed by atoms with Crippen molar-refractivity contribution in [3.63, 3.8) is 0 Å². The lowest BCUT2D eigenvalue weighted by molar-refractivity contribution is 0.0956. The maximum absolute atomic E-state index is 11.9. The predicted octanol–water partition coefficient (Wildman–Crippen LogP) is 3.57. The van der Waals surface area contributed by atoms with Gasteiger partial charge in [0.05, 0.1) is 10.6 Å². The summed E-state index contributed by atoms with van der Waals surface area (Å²) in [5.41, 5.74) is 1.88. The maximum atomic E-state index is 11.9. The molecule has 1 aliphatic rings. The minimum atomic E-state index is -0.0953. The number of benzene rings is 1. The maximum Gasteiger partial charge on any atom is 0.253 e. The van der Waals surface area contributed by atoms with Crippen LogP contribution < -0.4 is 5.32 Å². The van der Waals surface area contributed by atoms with Gasteiger partial charge in [-0.15, -0.1) is 0 Å². The summed E-state index contributed by atoms with van der Waals surface area (Å²) in [4.78, 5) is 11.9. The van der Waals surface area contributed by atoms with Gasteiger partial charge < -0.3 is 5.32 Å². The van der Waals surface area contributed by atoms with Crippen molar-refractivity contribution in [2.75, 3.05) is 6.54 Å². The fourth-order valence-electron chi connectivity index (χ4n) is 2.00. The largest absolute Gasteiger partial charge is 0.348 e. The van der Waals surface area contributed by atoms with Gasteiger partial charge >= 0.3 is 0 Å². The first kappa shape index (κ1) is 12.2. The van der Waals surface area contributed by atoms with Gasteiger partial charge in [-0.1, -0.05) is 35.4 Å². The number of hydrogen-bond acceptors (Lipinski definition) is 1. The van der Waals surface area contributed by atoms with Crippen LogP contribution in [0.2, 0.25) is 5.02 Å². The molecule has 2 nitrogen and oxygen atoms in total. The van der Waals surface area contributed by atoms with E-state index in [4.69, 9.17) is 11.6 Å². The molecule has 1 aromatic carbocycles. The number of nitrogens with one attached hydrogen (secondary N) is 1. The van der Waals surface area contributed by atoms with Gasteiger partial charge in [0.15, 0.2) is 0 Å². The smallest absolute Gasteiger partial charge is 0.253 e. The van der Waals surface area contributed by atoms with Gasteiger partial charge in [-0.2, -0.15) is 0 Å². The second kappa shape index (κ2) is 5.87. The van der Waals surface area contributed by atoms with Gasteiger partial charge in [0.1, 0.15) is 0 Å². The number of rotatable bonds is 3. The van der Waals surface area contributed by atoms with Gasteiger partial charge in [0.2, 0.25) is 0 Å². The number of carbonyl (C=O) groups excluding carboxylic acids is 1. The average molecular weight is 250 g/mol. The van der Waals surface area contributed by atoms with Crippen molar-refractivity contribution in [1.29, 1.82) is 0 Å². The van der Waals surface area contributed by atoms with E-state index in [-0.39, 0.29) is 5.91 Å². The molecule has 17 heavy (non-hydrogen) atoms. The molecule has 0 heterocycles. The molecule has 0 fully saturated rings. The normalized spacial score (nSPS) is 15.2. The van der Waals surface area contributed by atoms with Crippen LogP contribution in [0, 0.1) is 0 Å². The van der Waals surface area contributed by atoms with E-state index in [0.29, 0.717) is 17.1 Å². The number of halogens is 1. The molecule has 0 bridgehead atoms. The van der Waals surface area contributed by atoms with Crippen LogP contribution in [-0.4, -0.2) is 12.5 Å².